The lowest BCUT2D eigenvalue weighted by atomic mass is 9.99. The van der Waals surface area contributed by atoms with Gasteiger partial charge in [0.25, 0.3) is 0 Å². The molecule has 0 amide bonds. The van der Waals surface area contributed by atoms with Crippen LogP contribution in [0.4, 0.5) is 5.69 Å². The Morgan fingerprint density at radius 1 is 1.11 bits per heavy atom. The van der Waals surface area contributed by atoms with Crippen LogP contribution in [0.25, 0.3) is 0 Å². The Hall–Kier alpha value is -1.51. The summed E-state index contributed by atoms with van der Waals surface area (Å²) in [6.07, 6.45) is 0.794. The zero-order valence-corrected chi connectivity index (χ0v) is 12.1. The molecule has 0 bridgehead atoms. The first-order valence-electron chi connectivity index (χ1n) is 6.33. The Labute approximate surface area is 119 Å². The summed E-state index contributed by atoms with van der Waals surface area (Å²) >= 11 is 5.98. The molecule has 2 aromatic rings. The maximum atomic E-state index is 6.25. The van der Waals surface area contributed by atoms with E-state index < -0.39 is 0 Å². The zero-order chi connectivity index (χ0) is 13.8. The molecule has 0 fully saturated rings. The number of halogens is 1. The molecule has 2 aromatic carbocycles. The maximum Gasteiger partial charge on any atom is 0.0408 e. The zero-order valence-electron chi connectivity index (χ0n) is 11.3. The first-order chi connectivity index (χ1) is 9.06. The average Bonchev–Trinajstić information content (AvgIpc) is 2.39. The van der Waals surface area contributed by atoms with Crippen molar-refractivity contribution in [1.82, 2.24) is 0 Å². The Bertz CT molecular complexity index is 535. The highest BCUT2D eigenvalue weighted by atomic mass is 35.5. The average molecular weight is 275 g/mol. The quantitative estimate of drug-likeness (QED) is 0.922. The highest BCUT2D eigenvalue weighted by Crippen LogP contribution is 2.21. The highest BCUT2D eigenvalue weighted by molar-refractivity contribution is 6.30. The van der Waals surface area contributed by atoms with E-state index in [1.807, 2.05) is 32.3 Å². The van der Waals surface area contributed by atoms with E-state index in [0.717, 1.165) is 22.6 Å². The molecule has 2 rings (SSSR count). The van der Waals surface area contributed by atoms with Crippen LogP contribution >= 0.6 is 11.6 Å². The first kappa shape index (κ1) is 13.9. The fourth-order valence-corrected chi connectivity index (χ4v) is 2.27. The highest BCUT2D eigenvalue weighted by Gasteiger charge is 2.07. The largest absolute Gasteiger partial charge is 0.378 e. The van der Waals surface area contributed by atoms with Crippen LogP contribution in [-0.2, 0) is 6.42 Å². The SMILES string of the molecule is CN(C)c1ccc(C(N)Cc2cccc(Cl)c2)cc1. The molecule has 0 aromatic heterocycles. The third-order valence-corrected chi connectivity index (χ3v) is 3.42. The van der Waals surface area contributed by atoms with Gasteiger partial charge in [-0.1, -0.05) is 35.9 Å². The predicted octanol–water partition coefficient (Wildman–Crippen LogP) is 3.65. The number of benzene rings is 2. The lowest BCUT2D eigenvalue weighted by Crippen LogP contribution is -2.14. The molecule has 0 radical (unpaired) electrons. The minimum Gasteiger partial charge on any atom is -0.378 e. The molecule has 2 nitrogen and oxygen atoms in total. The third kappa shape index (κ3) is 3.72. The van der Waals surface area contributed by atoms with Gasteiger partial charge in [0.2, 0.25) is 0 Å². The topological polar surface area (TPSA) is 29.3 Å². The molecule has 0 aliphatic rings. The minimum absolute atomic E-state index is 0.00493. The number of hydrogen-bond acceptors (Lipinski definition) is 2. The first-order valence-corrected chi connectivity index (χ1v) is 6.71. The summed E-state index contributed by atoms with van der Waals surface area (Å²) in [4.78, 5) is 2.08. The molecule has 2 N–H and O–H groups in total. The second-order valence-electron chi connectivity index (χ2n) is 4.93. The Kier molecular flexibility index (Phi) is 4.46. The van der Waals surface area contributed by atoms with Crippen molar-refractivity contribution in [3.8, 4) is 0 Å². The Morgan fingerprint density at radius 3 is 2.37 bits per heavy atom. The number of hydrogen-bond donors (Lipinski definition) is 1. The van der Waals surface area contributed by atoms with Gasteiger partial charge < -0.3 is 10.6 Å². The van der Waals surface area contributed by atoms with Crippen molar-refractivity contribution in [2.45, 2.75) is 12.5 Å². The molecule has 0 aliphatic heterocycles. The van der Waals surface area contributed by atoms with E-state index in [4.69, 9.17) is 17.3 Å². The monoisotopic (exact) mass is 274 g/mol. The van der Waals surface area contributed by atoms with E-state index in [0.29, 0.717) is 0 Å². The van der Waals surface area contributed by atoms with Crippen molar-refractivity contribution in [2.24, 2.45) is 5.73 Å². The summed E-state index contributed by atoms with van der Waals surface area (Å²) in [6, 6.07) is 16.2. The number of anilines is 1. The Morgan fingerprint density at radius 2 is 1.79 bits per heavy atom. The molecule has 0 spiro atoms. The normalized spacial score (nSPS) is 12.2. The molecule has 0 saturated heterocycles. The van der Waals surface area contributed by atoms with Crippen LogP contribution in [0, 0.1) is 0 Å². The van der Waals surface area contributed by atoms with E-state index in [1.54, 1.807) is 0 Å². The van der Waals surface area contributed by atoms with E-state index >= 15 is 0 Å². The summed E-state index contributed by atoms with van der Waals surface area (Å²) in [5.41, 5.74) is 9.73. The molecule has 3 heteroatoms. The predicted molar refractivity (Wildman–Crippen MR) is 82.9 cm³/mol. The van der Waals surface area contributed by atoms with Gasteiger partial charge in [-0.25, -0.2) is 0 Å². The van der Waals surface area contributed by atoms with Crippen LogP contribution in [0.1, 0.15) is 17.2 Å². The molecule has 19 heavy (non-hydrogen) atoms. The van der Waals surface area contributed by atoms with E-state index in [-0.39, 0.29) is 6.04 Å². The van der Waals surface area contributed by atoms with Gasteiger partial charge in [-0.2, -0.15) is 0 Å². The number of rotatable bonds is 4. The molecule has 100 valence electrons. The number of nitrogens with two attached hydrogens (primary N) is 1. The van der Waals surface area contributed by atoms with Crippen LogP contribution in [0.5, 0.6) is 0 Å². The molecular formula is C16H19ClN2. The van der Waals surface area contributed by atoms with Gasteiger partial charge in [-0.3, -0.25) is 0 Å². The second kappa shape index (κ2) is 6.09. The minimum atomic E-state index is -0.00493. The lowest BCUT2D eigenvalue weighted by Gasteiger charge is -2.16. The standard InChI is InChI=1S/C16H19ClN2/c1-19(2)15-8-6-13(7-9-15)16(18)11-12-4-3-5-14(17)10-12/h3-10,16H,11,18H2,1-2H3. The summed E-state index contributed by atoms with van der Waals surface area (Å²) < 4.78 is 0. The van der Waals surface area contributed by atoms with Gasteiger partial charge in [0, 0.05) is 30.8 Å². The fourth-order valence-electron chi connectivity index (χ4n) is 2.06. The fraction of sp³-hybridized carbons (Fsp3) is 0.250. The molecule has 1 unspecified atom stereocenters. The van der Waals surface area contributed by atoms with Crippen molar-refractivity contribution < 1.29 is 0 Å². The second-order valence-corrected chi connectivity index (χ2v) is 5.36. The van der Waals surface area contributed by atoms with E-state index in [1.165, 1.54) is 5.69 Å². The molecule has 0 heterocycles. The van der Waals surface area contributed by atoms with Crippen molar-refractivity contribution in [2.75, 3.05) is 19.0 Å². The van der Waals surface area contributed by atoms with Crippen molar-refractivity contribution in [3.63, 3.8) is 0 Å². The Balaban J connectivity index is 2.09. The molecule has 0 saturated carbocycles. The summed E-state index contributed by atoms with van der Waals surface area (Å²) in [6.45, 7) is 0. The van der Waals surface area contributed by atoms with Crippen LogP contribution in [-0.4, -0.2) is 14.1 Å². The van der Waals surface area contributed by atoms with Crippen molar-refractivity contribution >= 4 is 17.3 Å². The summed E-state index contributed by atoms with van der Waals surface area (Å²) in [5, 5.41) is 0.757. The molecule has 0 aliphatic carbocycles. The van der Waals surface area contributed by atoms with Crippen LogP contribution in [0.3, 0.4) is 0 Å². The third-order valence-electron chi connectivity index (χ3n) is 3.18. The summed E-state index contributed by atoms with van der Waals surface area (Å²) in [7, 11) is 4.06. The van der Waals surface area contributed by atoms with Crippen LogP contribution in [0.15, 0.2) is 48.5 Å². The van der Waals surface area contributed by atoms with Gasteiger partial charge in [-0.05, 0) is 41.8 Å². The molecule has 1 atom stereocenters. The lowest BCUT2D eigenvalue weighted by molar-refractivity contribution is 0.722. The van der Waals surface area contributed by atoms with Gasteiger partial charge >= 0.3 is 0 Å². The van der Waals surface area contributed by atoms with Crippen molar-refractivity contribution in [3.05, 3.63) is 64.7 Å². The van der Waals surface area contributed by atoms with Gasteiger partial charge in [0.15, 0.2) is 0 Å². The smallest absolute Gasteiger partial charge is 0.0408 e. The summed E-state index contributed by atoms with van der Waals surface area (Å²) in [5.74, 6) is 0. The van der Waals surface area contributed by atoms with Gasteiger partial charge in [0.1, 0.15) is 0 Å². The van der Waals surface area contributed by atoms with Crippen molar-refractivity contribution in [1.29, 1.82) is 0 Å². The van der Waals surface area contributed by atoms with Crippen LogP contribution in [0.2, 0.25) is 5.02 Å². The van der Waals surface area contributed by atoms with Gasteiger partial charge in [0.05, 0.1) is 0 Å². The van der Waals surface area contributed by atoms with E-state index in [9.17, 15) is 0 Å². The van der Waals surface area contributed by atoms with Gasteiger partial charge in [-0.15, -0.1) is 0 Å². The molecular weight excluding hydrogens is 256 g/mol. The maximum absolute atomic E-state index is 6.25. The van der Waals surface area contributed by atoms with E-state index in [2.05, 4.69) is 35.2 Å². The van der Waals surface area contributed by atoms with Crippen LogP contribution < -0.4 is 10.6 Å². The number of nitrogens with zero attached hydrogens (tertiary/aromatic N) is 1.